The summed E-state index contributed by atoms with van der Waals surface area (Å²) in [6.45, 7) is 1.75. The lowest BCUT2D eigenvalue weighted by Crippen LogP contribution is -2.24. The normalized spacial score (nSPS) is 13.5. The number of carbonyl (C=O) groups excluding carboxylic acids is 2. The maximum absolute atomic E-state index is 12.0. The Kier molecular flexibility index (Phi) is 6.89. The largest absolute Gasteiger partial charge is 0.497 e. The molecule has 3 rings (SSSR count). The molecule has 28 heavy (non-hydrogen) atoms. The minimum Gasteiger partial charge on any atom is -0.497 e. The number of hydrogen-bond acceptors (Lipinski definition) is 4. The Morgan fingerprint density at radius 1 is 1.07 bits per heavy atom. The zero-order valence-corrected chi connectivity index (χ0v) is 16.1. The first-order valence-electron chi connectivity index (χ1n) is 9.58. The molecule has 0 atom stereocenters. The van der Waals surface area contributed by atoms with Crippen molar-refractivity contribution in [2.75, 3.05) is 25.2 Å². The van der Waals surface area contributed by atoms with Crippen molar-refractivity contribution in [3.05, 3.63) is 54.1 Å². The summed E-state index contributed by atoms with van der Waals surface area (Å²) >= 11 is 0. The maximum atomic E-state index is 12.0. The second kappa shape index (κ2) is 9.78. The van der Waals surface area contributed by atoms with Gasteiger partial charge in [-0.05, 0) is 54.8 Å². The van der Waals surface area contributed by atoms with E-state index in [2.05, 4.69) is 5.32 Å². The van der Waals surface area contributed by atoms with Gasteiger partial charge in [0.05, 0.1) is 13.7 Å². The van der Waals surface area contributed by atoms with Crippen LogP contribution in [0.4, 0.5) is 5.69 Å². The summed E-state index contributed by atoms with van der Waals surface area (Å²) in [5.74, 6) is 1.72. The summed E-state index contributed by atoms with van der Waals surface area (Å²) in [7, 11) is 1.62. The highest BCUT2D eigenvalue weighted by Crippen LogP contribution is 2.21. The number of carbonyl (C=O) groups is 2. The lowest BCUT2D eigenvalue weighted by molar-refractivity contribution is -0.121. The third-order valence-electron chi connectivity index (χ3n) is 4.69. The quantitative estimate of drug-likeness (QED) is 0.676. The molecule has 0 radical (unpaired) electrons. The molecule has 1 aliphatic heterocycles. The highest BCUT2D eigenvalue weighted by molar-refractivity contribution is 5.95. The summed E-state index contributed by atoms with van der Waals surface area (Å²) in [5, 5.41) is 2.92. The molecule has 1 fully saturated rings. The highest BCUT2D eigenvalue weighted by atomic mass is 16.5. The van der Waals surface area contributed by atoms with E-state index in [1.807, 2.05) is 53.4 Å². The van der Waals surface area contributed by atoms with E-state index in [9.17, 15) is 9.59 Å². The summed E-state index contributed by atoms with van der Waals surface area (Å²) in [5.41, 5.74) is 1.94. The van der Waals surface area contributed by atoms with E-state index in [1.54, 1.807) is 7.11 Å². The molecule has 1 saturated heterocycles. The van der Waals surface area contributed by atoms with Crippen LogP contribution in [-0.2, 0) is 16.1 Å². The van der Waals surface area contributed by atoms with E-state index in [0.29, 0.717) is 32.4 Å². The molecule has 148 valence electrons. The third-order valence-corrected chi connectivity index (χ3v) is 4.69. The minimum atomic E-state index is -0.00266. The Morgan fingerprint density at radius 2 is 1.79 bits per heavy atom. The van der Waals surface area contributed by atoms with Crippen molar-refractivity contribution in [1.82, 2.24) is 5.32 Å². The van der Waals surface area contributed by atoms with Crippen LogP contribution in [0.3, 0.4) is 0 Å². The van der Waals surface area contributed by atoms with Crippen LogP contribution in [0.1, 0.15) is 31.2 Å². The highest BCUT2D eigenvalue weighted by Gasteiger charge is 2.21. The smallest absolute Gasteiger partial charge is 0.227 e. The number of nitrogens with zero attached hydrogens (tertiary/aromatic N) is 1. The van der Waals surface area contributed by atoms with Gasteiger partial charge >= 0.3 is 0 Å². The maximum Gasteiger partial charge on any atom is 0.227 e. The average molecular weight is 382 g/mol. The van der Waals surface area contributed by atoms with Crippen LogP contribution in [0, 0.1) is 0 Å². The molecule has 0 spiro atoms. The van der Waals surface area contributed by atoms with E-state index in [1.165, 1.54) is 0 Å². The zero-order valence-electron chi connectivity index (χ0n) is 16.1. The van der Waals surface area contributed by atoms with Crippen LogP contribution >= 0.6 is 0 Å². The van der Waals surface area contributed by atoms with E-state index in [4.69, 9.17) is 9.47 Å². The molecule has 1 heterocycles. The molecule has 0 aromatic heterocycles. The molecule has 1 N–H and O–H groups in total. The molecule has 0 unspecified atom stereocenters. The first-order valence-corrected chi connectivity index (χ1v) is 9.58. The summed E-state index contributed by atoms with van der Waals surface area (Å²) in [4.78, 5) is 25.6. The van der Waals surface area contributed by atoms with E-state index in [-0.39, 0.29) is 11.8 Å². The molecule has 6 nitrogen and oxygen atoms in total. The monoisotopic (exact) mass is 382 g/mol. The minimum absolute atomic E-state index is 0.00266. The Bertz CT molecular complexity index is 787. The summed E-state index contributed by atoms with van der Waals surface area (Å²) < 4.78 is 10.7. The Morgan fingerprint density at radius 3 is 2.43 bits per heavy atom. The average Bonchev–Trinajstić information content (AvgIpc) is 3.16. The number of benzene rings is 2. The molecule has 0 aliphatic carbocycles. The first-order chi connectivity index (χ1) is 13.7. The van der Waals surface area contributed by atoms with Crippen molar-refractivity contribution >= 4 is 17.5 Å². The van der Waals surface area contributed by atoms with Crippen molar-refractivity contribution in [2.45, 2.75) is 32.2 Å². The van der Waals surface area contributed by atoms with Crippen molar-refractivity contribution < 1.29 is 19.1 Å². The van der Waals surface area contributed by atoms with Crippen molar-refractivity contribution in [1.29, 1.82) is 0 Å². The number of ether oxygens (including phenoxy) is 2. The number of nitrogens with one attached hydrogen (secondary N) is 1. The number of anilines is 1. The van der Waals surface area contributed by atoms with Gasteiger partial charge < -0.3 is 19.7 Å². The molecular weight excluding hydrogens is 356 g/mol. The fourth-order valence-electron chi connectivity index (χ4n) is 3.10. The van der Waals surface area contributed by atoms with Gasteiger partial charge in [-0.2, -0.15) is 0 Å². The van der Waals surface area contributed by atoms with Crippen molar-refractivity contribution in [3.63, 3.8) is 0 Å². The second-order valence-corrected chi connectivity index (χ2v) is 6.72. The third kappa shape index (κ3) is 5.49. The van der Waals surface area contributed by atoms with Crippen LogP contribution in [0.2, 0.25) is 0 Å². The van der Waals surface area contributed by atoms with Crippen LogP contribution in [0.15, 0.2) is 48.5 Å². The lowest BCUT2D eigenvalue weighted by atomic mass is 10.2. The van der Waals surface area contributed by atoms with Gasteiger partial charge in [-0.25, -0.2) is 0 Å². The predicted molar refractivity (Wildman–Crippen MR) is 108 cm³/mol. The fourth-order valence-corrected chi connectivity index (χ4v) is 3.10. The summed E-state index contributed by atoms with van der Waals surface area (Å²) in [6.07, 6.45) is 2.60. The summed E-state index contributed by atoms with van der Waals surface area (Å²) in [6, 6.07) is 15.2. The van der Waals surface area contributed by atoms with Crippen molar-refractivity contribution in [2.24, 2.45) is 0 Å². The fraction of sp³-hybridized carbons (Fsp3) is 0.364. The van der Waals surface area contributed by atoms with Gasteiger partial charge in [0.15, 0.2) is 0 Å². The number of hydrogen-bond donors (Lipinski definition) is 1. The number of methoxy groups -OCH3 is 1. The molecule has 0 bridgehead atoms. The molecule has 2 aromatic rings. The van der Waals surface area contributed by atoms with Gasteiger partial charge in [-0.3, -0.25) is 9.59 Å². The van der Waals surface area contributed by atoms with Crippen LogP contribution in [0.25, 0.3) is 0 Å². The van der Waals surface area contributed by atoms with Gasteiger partial charge in [0.25, 0.3) is 0 Å². The Balaban J connectivity index is 1.34. The number of amides is 2. The van der Waals surface area contributed by atoms with E-state index >= 15 is 0 Å². The molecule has 0 saturated carbocycles. The molecule has 2 aromatic carbocycles. The lowest BCUT2D eigenvalue weighted by Gasteiger charge is -2.16. The molecule has 6 heteroatoms. The molecular formula is C22H26N2O4. The van der Waals surface area contributed by atoms with E-state index in [0.717, 1.165) is 35.7 Å². The number of rotatable bonds is 9. The van der Waals surface area contributed by atoms with Crippen LogP contribution < -0.4 is 19.7 Å². The van der Waals surface area contributed by atoms with E-state index < -0.39 is 0 Å². The predicted octanol–water partition coefficient (Wildman–Crippen LogP) is 3.30. The van der Waals surface area contributed by atoms with Gasteiger partial charge in [0, 0.05) is 31.6 Å². The second-order valence-electron chi connectivity index (χ2n) is 6.72. The SMILES string of the molecule is COc1ccc(OCCCC(=O)NCc2ccc(N3CCCC3=O)cc2)cc1. The van der Waals surface area contributed by atoms with Crippen molar-refractivity contribution in [3.8, 4) is 11.5 Å². The topological polar surface area (TPSA) is 67.9 Å². The first kappa shape index (κ1) is 19.7. The molecule has 1 aliphatic rings. The zero-order chi connectivity index (χ0) is 19.8. The van der Waals surface area contributed by atoms with Gasteiger partial charge in [0.2, 0.25) is 11.8 Å². The standard InChI is InChI=1S/C22H26N2O4/c1-27-19-10-12-20(13-11-19)28-15-3-4-21(25)23-16-17-6-8-18(9-7-17)24-14-2-5-22(24)26/h6-13H,2-5,14-16H2,1H3,(H,23,25). The molecule has 2 amide bonds. The van der Waals surface area contributed by atoms with Gasteiger partial charge in [0.1, 0.15) is 11.5 Å². The van der Waals surface area contributed by atoms with Gasteiger partial charge in [-0.15, -0.1) is 0 Å². The van der Waals surface area contributed by atoms with Gasteiger partial charge in [-0.1, -0.05) is 12.1 Å². The Labute approximate surface area is 165 Å². The Hall–Kier alpha value is -3.02. The van der Waals surface area contributed by atoms with Crippen LogP contribution in [-0.4, -0.2) is 32.1 Å². The van der Waals surface area contributed by atoms with Crippen LogP contribution in [0.5, 0.6) is 11.5 Å².